The summed E-state index contributed by atoms with van der Waals surface area (Å²) in [7, 11) is 1.63. The van der Waals surface area contributed by atoms with Gasteiger partial charge in [0.15, 0.2) is 0 Å². The molecule has 0 aliphatic carbocycles. The zero-order valence-corrected chi connectivity index (χ0v) is 11.0. The van der Waals surface area contributed by atoms with Crippen molar-refractivity contribution in [2.45, 2.75) is 6.54 Å². The van der Waals surface area contributed by atoms with E-state index in [1.807, 2.05) is 29.2 Å². The summed E-state index contributed by atoms with van der Waals surface area (Å²) in [6.07, 6.45) is 3.81. The number of halogens is 1. The molecule has 1 aromatic carbocycles. The lowest BCUT2D eigenvalue weighted by molar-refractivity contribution is 0.414. The van der Waals surface area contributed by atoms with Crippen LogP contribution in [0.4, 0.5) is 5.69 Å². The Labute approximate surface area is 108 Å². The first-order chi connectivity index (χ1) is 7.67. The molecule has 2 aromatic rings. The SMILES string of the molecule is COc1cc(N)cc(Cn2cc(I)cn2)c1. The van der Waals surface area contributed by atoms with Gasteiger partial charge < -0.3 is 10.5 Å². The van der Waals surface area contributed by atoms with Crippen LogP contribution in [0.3, 0.4) is 0 Å². The molecule has 84 valence electrons. The van der Waals surface area contributed by atoms with E-state index in [9.17, 15) is 0 Å². The standard InChI is InChI=1S/C11H12IN3O/c1-16-11-3-8(2-10(13)4-11)6-15-7-9(12)5-14-15/h2-5,7H,6,13H2,1H3. The van der Waals surface area contributed by atoms with Gasteiger partial charge in [0.25, 0.3) is 0 Å². The molecule has 0 radical (unpaired) electrons. The molecule has 0 saturated heterocycles. The second-order valence-electron chi connectivity index (χ2n) is 3.47. The van der Waals surface area contributed by atoms with E-state index >= 15 is 0 Å². The molecule has 0 spiro atoms. The van der Waals surface area contributed by atoms with E-state index in [2.05, 4.69) is 27.7 Å². The number of methoxy groups -OCH3 is 1. The highest BCUT2D eigenvalue weighted by atomic mass is 127. The average molecular weight is 329 g/mol. The number of aromatic nitrogens is 2. The summed E-state index contributed by atoms with van der Waals surface area (Å²) < 4.78 is 8.16. The zero-order valence-electron chi connectivity index (χ0n) is 8.85. The molecule has 0 atom stereocenters. The Hall–Kier alpha value is -1.24. The Kier molecular flexibility index (Phi) is 3.33. The van der Waals surface area contributed by atoms with Crippen molar-refractivity contribution in [2.24, 2.45) is 0 Å². The summed E-state index contributed by atoms with van der Waals surface area (Å²) in [5.41, 5.74) is 7.57. The Morgan fingerprint density at radius 3 is 2.88 bits per heavy atom. The summed E-state index contributed by atoms with van der Waals surface area (Å²) in [5, 5.41) is 4.22. The molecular formula is C11H12IN3O. The molecule has 0 fully saturated rings. The fraction of sp³-hybridized carbons (Fsp3) is 0.182. The Morgan fingerprint density at radius 2 is 2.25 bits per heavy atom. The summed E-state index contributed by atoms with van der Waals surface area (Å²) >= 11 is 2.23. The molecule has 0 amide bonds. The number of ether oxygens (including phenoxy) is 1. The lowest BCUT2D eigenvalue weighted by Crippen LogP contribution is -2.01. The third-order valence-electron chi connectivity index (χ3n) is 2.17. The summed E-state index contributed by atoms with van der Waals surface area (Å²) in [6, 6.07) is 5.69. The van der Waals surface area contributed by atoms with E-state index in [0.29, 0.717) is 12.2 Å². The van der Waals surface area contributed by atoms with Crippen molar-refractivity contribution < 1.29 is 4.74 Å². The molecule has 1 aromatic heterocycles. The van der Waals surface area contributed by atoms with E-state index < -0.39 is 0 Å². The van der Waals surface area contributed by atoms with E-state index in [-0.39, 0.29) is 0 Å². The lowest BCUT2D eigenvalue weighted by atomic mass is 10.2. The minimum absolute atomic E-state index is 0.699. The van der Waals surface area contributed by atoms with Gasteiger partial charge >= 0.3 is 0 Å². The minimum Gasteiger partial charge on any atom is -0.497 e. The van der Waals surface area contributed by atoms with E-state index in [0.717, 1.165) is 14.9 Å². The Balaban J connectivity index is 2.24. The van der Waals surface area contributed by atoms with Gasteiger partial charge in [-0.2, -0.15) is 5.10 Å². The van der Waals surface area contributed by atoms with E-state index in [1.165, 1.54) is 0 Å². The van der Waals surface area contributed by atoms with Crippen molar-refractivity contribution in [3.05, 3.63) is 39.7 Å². The molecule has 0 unspecified atom stereocenters. The first-order valence-corrected chi connectivity index (χ1v) is 5.86. The number of rotatable bonds is 3. The fourth-order valence-electron chi connectivity index (χ4n) is 1.51. The van der Waals surface area contributed by atoms with Gasteiger partial charge in [0.1, 0.15) is 5.75 Å². The number of anilines is 1. The van der Waals surface area contributed by atoms with E-state index in [4.69, 9.17) is 10.5 Å². The van der Waals surface area contributed by atoms with Crippen molar-refractivity contribution in [3.63, 3.8) is 0 Å². The van der Waals surface area contributed by atoms with Crippen LogP contribution in [0.5, 0.6) is 5.75 Å². The van der Waals surface area contributed by atoms with Crippen LogP contribution in [-0.4, -0.2) is 16.9 Å². The number of nitrogens with zero attached hydrogens (tertiary/aromatic N) is 2. The first kappa shape index (κ1) is 11.3. The summed E-state index contributed by atoms with van der Waals surface area (Å²) in [6.45, 7) is 0.699. The monoisotopic (exact) mass is 329 g/mol. The Morgan fingerprint density at radius 1 is 1.44 bits per heavy atom. The smallest absolute Gasteiger partial charge is 0.121 e. The number of benzene rings is 1. The molecule has 16 heavy (non-hydrogen) atoms. The molecule has 0 saturated carbocycles. The highest BCUT2D eigenvalue weighted by Gasteiger charge is 2.01. The maximum atomic E-state index is 5.78. The second-order valence-corrected chi connectivity index (χ2v) is 4.72. The summed E-state index contributed by atoms with van der Waals surface area (Å²) in [4.78, 5) is 0. The van der Waals surface area contributed by atoms with Crippen LogP contribution < -0.4 is 10.5 Å². The molecule has 2 N–H and O–H groups in total. The van der Waals surface area contributed by atoms with Gasteiger partial charge in [-0.3, -0.25) is 4.68 Å². The minimum atomic E-state index is 0.699. The van der Waals surface area contributed by atoms with Gasteiger partial charge in [-0.1, -0.05) is 0 Å². The lowest BCUT2D eigenvalue weighted by Gasteiger charge is -2.06. The van der Waals surface area contributed by atoms with Gasteiger partial charge in [0.05, 0.1) is 23.4 Å². The van der Waals surface area contributed by atoms with Gasteiger partial charge in [-0.05, 0) is 40.3 Å². The van der Waals surface area contributed by atoms with Crippen LogP contribution in [0.2, 0.25) is 0 Å². The van der Waals surface area contributed by atoms with Gasteiger partial charge in [-0.25, -0.2) is 0 Å². The molecule has 4 nitrogen and oxygen atoms in total. The van der Waals surface area contributed by atoms with Crippen LogP contribution in [0.1, 0.15) is 5.56 Å². The zero-order chi connectivity index (χ0) is 11.5. The van der Waals surface area contributed by atoms with Gasteiger partial charge in [-0.15, -0.1) is 0 Å². The third-order valence-corrected chi connectivity index (χ3v) is 2.73. The first-order valence-electron chi connectivity index (χ1n) is 4.79. The highest BCUT2D eigenvalue weighted by molar-refractivity contribution is 14.1. The second kappa shape index (κ2) is 4.73. The number of hydrogen-bond acceptors (Lipinski definition) is 3. The molecule has 1 heterocycles. The quantitative estimate of drug-likeness (QED) is 0.693. The van der Waals surface area contributed by atoms with Crippen LogP contribution in [0, 0.1) is 3.57 Å². The molecule has 0 aliphatic rings. The van der Waals surface area contributed by atoms with Crippen LogP contribution in [0.25, 0.3) is 0 Å². The van der Waals surface area contributed by atoms with Gasteiger partial charge in [0, 0.05) is 18.0 Å². The topological polar surface area (TPSA) is 53.1 Å². The van der Waals surface area contributed by atoms with Crippen molar-refractivity contribution in [2.75, 3.05) is 12.8 Å². The third kappa shape index (κ3) is 2.66. The predicted octanol–water partition coefficient (Wildman–Crippen LogP) is 2.13. The van der Waals surface area contributed by atoms with Crippen molar-refractivity contribution in [3.8, 4) is 5.75 Å². The normalized spacial score (nSPS) is 10.4. The van der Waals surface area contributed by atoms with Crippen LogP contribution >= 0.6 is 22.6 Å². The number of hydrogen-bond donors (Lipinski definition) is 1. The Bertz CT molecular complexity index is 496. The van der Waals surface area contributed by atoms with E-state index in [1.54, 1.807) is 13.2 Å². The molecule has 2 rings (SSSR count). The van der Waals surface area contributed by atoms with Crippen molar-refractivity contribution in [1.82, 2.24) is 9.78 Å². The predicted molar refractivity (Wildman–Crippen MR) is 71.5 cm³/mol. The molecule has 5 heteroatoms. The largest absolute Gasteiger partial charge is 0.497 e. The summed E-state index contributed by atoms with van der Waals surface area (Å²) in [5.74, 6) is 0.775. The number of nitrogens with two attached hydrogens (primary N) is 1. The fourth-order valence-corrected chi connectivity index (χ4v) is 1.95. The van der Waals surface area contributed by atoms with Crippen molar-refractivity contribution in [1.29, 1.82) is 0 Å². The highest BCUT2D eigenvalue weighted by Crippen LogP contribution is 2.19. The molecular weight excluding hydrogens is 317 g/mol. The van der Waals surface area contributed by atoms with Gasteiger partial charge in [0.2, 0.25) is 0 Å². The maximum absolute atomic E-state index is 5.78. The van der Waals surface area contributed by atoms with Crippen LogP contribution in [0.15, 0.2) is 30.6 Å². The van der Waals surface area contributed by atoms with Crippen molar-refractivity contribution >= 4 is 28.3 Å². The molecule has 0 bridgehead atoms. The average Bonchev–Trinajstić information content (AvgIpc) is 2.63. The number of nitrogen functional groups attached to an aromatic ring is 1. The molecule has 0 aliphatic heterocycles. The maximum Gasteiger partial charge on any atom is 0.121 e. The van der Waals surface area contributed by atoms with Crippen LogP contribution in [-0.2, 0) is 6.54 Å².